The van der Waals surface area contributed by atoms with Crippen LogP contribution in [0.4, 0.5) is 0 Å². The molecule has 2 nitrogen and oxygen atoms in total. The van der Waals surface area contributed by atoms with Gasteiger partial charge in [0.05, 0.1) is 21.7 Å². The molecule has 3 aromatic carbocycles. The minimum absolute atomic E-state index is 0.378. The molecule has 3 aromatic rings. The maximum absolute atomic E-state index is 9.44. The van der Waals surface area contributed by atoms with E-state index in [9.17, 15) is 5.26 Å². The Balaban J connectivity index is 1.85. The third kappa shape index (κ3) is 4.46. The predicted octanol–water partition coefficient (Wildman–Crippen LogP) is 6.64. The van der Waals surface area contributed by atoms with Crippen molar-refractivity contribution in [2.75, 3.05) is 0 Å². The molecule has 0 aromatic heterocycles. The summed E-state index contributed by atoms with van der Waals surface area (Å²) in [5, 5.41) is 10.3. The maximum Gasteiger partial charge on any atom is 0.157 e. The number of hydrogen-bond donors (Lipinski definition) is 0. The van der Waals surface area contributed by atoms with E-state index in [0.29, 0.717) is 28.0 Å². The summed E-state index contributed by atoms with van der Waals surface area (Å²) < 4.78 is 5.77. The molecule has 0 spiro atoms. The van der Waals surface area contributed by atoms with Crippen LogP contribution in [0.3, 0.4) is 0 Å². The Hall–Kier alpha value is -2.73. The van der Waals surface area contributed by atoms with E-state index in [4.69, 9.17) is 27.9 Å². The van der Waals surface area contributed by atoms with Crippen LogP contribution >= 0.6 is 23.2 Å². The van der Waals surface area contributed by atoms with Gasteiger partial charge in [-0.25, -0.2) is 0 Å². The minimum atomic E-state index is 0.378. The number of hydrogen-bond acceptors (Lipinski definition) is 2. The minimum Gasteiger partial charge on any atom is -0.486 e. The van der Waals surface area contributed by atoms with Gasteiger partial charge in [-0.3, -0.25) is 0 Å². The third-order valence-corrected chi connectivity index (χ3v) is 4.32. The summed E-state index contributed by atoms with van der Waals surface area (Å²) in [4.78, 5) is 0. The second kappa shape index (κ2) is 8.58. The molecule has 26 heavy (non-hydrogen) atoms. The van der Waals surface area contributed by atoms with Crippen molar-refractivity contribution in [3.63, 3.8) is 0 Å². The molecule has 0 aliphatic heterocycles. The number of nitrogens with zero attached hydrogens (tertiary/aromatic N) is 1. The highest BCUT2D eigenvalue weighted by atomic mass is 35.5. The van der Waals surface area contributed by atoms with E-state index in [-0.39, 0.29) is 0 Å². The van der Waals surface area contributed by atoms with Crippen molar-refractivity contribution < 1.29 is 4.74 Å². The van der Waals surface area contributed by atoms with Crippen molar-refractivity contribution in [3.05, 3.63) is 99.5 Å². The van der Waals surface area contributed by atoms with Crippen molar-refractivity contribution in [3.8, 4) is 11.8 Å². The van der Waals surface area contributed by atoms with Crippen molar-refractivity contribution in [1.29, 1.82) is 5.26 Å². The van der Waals surface area contributed by atoms with E-state index in [1.54, 1.807) is 18.2 Å². The quantitative estimate of drug-likeness (QED) is 0.367. The Bertz CT molecular complexity index is 937. The van der Waals surface area contributed by atoms with E-state index in [1.165, 1.54) is 0 Å². The molecular formula is C22H15Cl2NO. The van der Waals surface area contributed by atoms with Gasteiger partial charge in [-0.05, 0) is 34.9 Å². The smallest absolute Gasteiger partial charge is 0.157 e. The summed E-state index contributed by atoms with van der Waals surface area (Å²) in [7, 11) is 0. The molecule has 0 aliphatic carbocycles. The Kier molecular flexibility index (Phi) is 5.96. The number of nitriles is 1. The lowest BCUT2D eigenvalue weighted by molar-refractivity contribution is 0.306. The normalized spacial score (nSPS) is 11.0. The molecule has 0 atom stereocenters. The Morgan fingerprint density at radius 2 is 1.50 bits per heavy atom. The van der Waals surface area contributed by atoms with Gasteiger partial charge in [-0.1, -0.05) is 83.9 Å². The molecular weight excluding hydrogens is 365 g/mol. The monoisotopic (exact) mass is 379 g/mol. The number of benzene rings is 3. The number of halogens is 2. The molecule has 128 valence electrons. The molecule has 0 N–H and O–H groups in total. The van der Waals surface area contributed by atoms with Gasteiger partial charge in [0, 0.05) is 0 Å². The van der Waals surface area contributed by atoms with E-state index in [2.05, 4.69) is 6.07 Å². The zero-order chi connectivity index (χ0) is 18.4. The van der Waals surface area contributed by atoms with Crippen LogP contribution < -0.4 is 4.74 Å². The summed E-state index contributed by atoms with van der Waals surface area (Å²) in [6, 6.07) is 24.9. The summed E-state index contributed by atoms with van der Waals surface area (Å²) in [5.41, 5.74) is 3.15. The average Bonchev–Trinajstić information content (AvgIpc) is 2.67. The molecule has 4 heteroatoms. The van der Waals surface area contributed by atoms with Gasteiger partial charge in [0.25, 0.3) is 0 Å². The lowest BCUT2D eigenvalue weighted by Gasteiger charge is -2.11. The van der Waals surface area contributed by atoms with Crippen LogP contribution in [0.25, 0.3) is 11.6 Å². The highest BCUT2D eigenvalue weighted by Gasteiger charge is 2.10. The molecule has 0 saturated carbocycles. The molecule has 0 heterocycles. The molecule has 0 aliphatic rings. The molecule has 3 rings (SSSR count). The summed E-state index contributed by atoms with van der Waals surface area (Å²) in [5.74, 6) is 0.438. The van der Waals surface area contributed by atoms with Crippen LogP contribution in [0.1, 0.15) is 16.7 Å². The SMILES string of the molecule is N#C/C(=C\c1cc(Cl)c(OCc2ccccc2)c(Cl)c1)c1ccccc1. The first-order valence-corrected chi connectivity index (χ1v) is 8.76. The second-order valence-electron chi connectivity index (χ2n) is 5.62. The first-order valence-electron chi connectivity index (χ1n) is 8.00. The predicted molar refractivity (Wildman–Crippen MR) is 107 cm³/mol. The molecule has 0 amide bonds. The number of ether oxygens (including phenoxy) is 1. The first-order chi connectivity index (χ1) is 12.7. The van der Waals surface area contributed by atoms with Crippen LogP contribution in [0.5, 0.6) is 5.75 Å². The average molecular weight is 380 g/mol. The molecule has 0 unspecified atom stereocenters. The molecule has 0 bridgehead atoms. The molecule has 0 radical (unpaired) electrons. The first kappa shape index (κ1) is 18.1. The summed E-state index contributed by atoms with van der Waals surface area (Å²) >= 11 is 12.7. The topological polar surface area (TPSA) is 33.0 Å². The van der Waals surface area contributed by atoms with Crippen LogP contribution in [-0.4, -0.2) is 0 Å². The van der Waals surface area contributed by atoms with Gasteiger partial charge in [0.1, 0.15) is 6.61 Å². The molecule has 0 saturated heterocycles. The second-order valence-corrected chi connectivity index (χ2v) is 6.44. The lowest BCUT2D eigenvalue weighted by atomic mass is 10.0. The van der Waals surface area contributed by atoms with Gasteiger partial charge in [0.2, 0.25) is 0 Å². The standard InChI is InChI=1S/C22H15Cl2NO/c23-20-12-17(11-19(14-25)18-9-5-2-6-10-18)13-21(24)22(20)26-15-16-7-3-1-4-8-16/h1-13H,15H2/b19-11+. The largest absolute Gasteiger partial charge is 0.486 e. The fourth-order valence-corrected chi connectivity index (χ4v) is 3.11. The van der Waals surface area contributed by atoms with Gasteiger partial charge in [-0.2, -0.15) is 5.26 Å². The van der Waals surface area contributed by atoms with Crippen molar-refractivity contribution >= 4 is 34.9 Å². The van der Waals surface area contributed by atoms with Crippen molar-refractivity contribution in [2.24, 2.45) is 0 Å². The highest BCUT2D eigenvalue weighted by molar-refractivity contribution is 6.37. The fraction of sp³-hybridized carbons (Fsp3) is 0.0455. The highest BCUT2D eigenvalue weighted by Crippen LogP contribution is 2.35. The zero-order valence-corrected chi connectivity index (χ0v) is 15.3. The molecule has 0 fully saturated rings. The fourth-order valence-electron chi connectivity index (χ4n) is 2.49. The Labute approximate surface area is 162 Å². The Morgan fingerprint density at radius 1 is 0.923 bits per heavy atom. The number of allylic oxidation sites excluding steroid dienone is 1. The van der Waals surface area contributed by atoms with Crippen LogP contribution in [-0.2, 0) is 6.61 Å². The third-order valence-electron chi connectivity index (χ3n) is 3.76. The van der Waals surface area contributed by atoms with Crippen molar-refractivity contribution in [1.82, 2.24) is 0 Å². The van der Waals surface area contributed by atoms with E-state index in [1.807, 2.05) is 60.7 Å². The van der Waals surface area contributed by atoms with Crippen molar-refractivity contribution in [2.45, 2.75) is 6.61 Å². The Morgan fingerprint density at radius 3 is 2.08 bits per heavy atom. The summed E-state index contributed by atoms with van der Waals surface area (Å²) in [6.07, 6.45) is 1.76. The lowest BCUT2D eigenvalue weighted by Crippen LogP contribution is -1.96. The van der Waals surface area contributed by atoms with E-state index < -0.39 is 0 Å². The van der Waals surface area contributed by atoms with Crippen LogP contribution in [0.2, 0.25) is 10.0 Å². The van der Waals surface area contributed by atoms with Crippen LogP contribution in [0, 0.1) is 11.3 Å². The number of rotatable bonds is 5. The van der Waals surface area contributed by atoms with Gasteiger partial charge in [0.15, 0.2) is 5.75 Å². The van der Waals surface area contributed by atoms with Crippen LogP contribution in [0.15, 0.2) is 72.8 Å². The van der Waals surface area contributed by atoms with Gasteiger partial charge < -0.3 is 4.74 Å². The van der Waals surface area contributed by atoms with E-state index in [0.717, 1.165) is 16.7 Å². The zero-order valence-electron chi connectivity index (χ0n) is 13.8. The van der Waals surface area contributed by atoms with Gasteiger partial charge in [-0.15, -0.1) is 0 Å². The summed E-state index contributed by atoms with van der Waals surface area (Å²) in [6.45, 7) is 0.378. The van der Waals surface area contributed by atoms with E-state index >= 15 is 0 Å². The maximum atomic E-state index is 9.44. The van der Waals surface area contributed by atoms with Gasteiger partial charge >= 0.3 is 0 Å².